The highest BCUT2D eigenvalue weighted by atomic mass is 16.5. The van der Waals surface area contributed by atoms with E-state index in [1.54, 1.807) is 20.1 Å². The van der Waals surface area contributed by atoms with E-state index < -0.39 is 0 Å². The summed E-state index contributed by atoms with van der Waals surface area (Å²) in [6.45, 7) is 1.65. The van der Waals surface area contributed by atoms with Gasteiger partial charge in [-0.25, -0.2) is 4.79 Å². The number of methoxy groups -OCH3 is 1. The second-order valence-corrected chi connectivity index (χ2v) is 5.46. The van der Waals surface area contributed by atoms with E-state index in [4.69, 9.17) is 9.15 Å². The fraction of sp³-hybridized carbons (Fsp3) is 0.647. The van der Waals surface area contributed by atoms with Gasteiger partial charge in [-0.1, -0.05) is 32.1 Å². The fourth-order valence-electron chi connectivity index (χ4n) is 2.30. The molecule has 0 aliphatic carbocycles. The molecule has 1 aromatic heterocycles. The number of unbranched alkanes of at least 4 members (excludes halogenated alkanes) is 6. The van der Waals surface area contributed by atoms with Gasteiger partial charge in [0.2, 0.25) is 0 Å². The molecule has 0 atom stereocenters. The van der Waals surface area contributed by atoms with Crippen LogP contribution >= 0.6 is 0 Å². The molecule has 1 heterocycles. The third kappa shape index (κ3) is 8.33. The van der Waals surface area contributed by atoms with Gasteiger partial charge in [0.25, 0.3) is 0 Å². The molecule has 0 radical (unpaired) electrons. The van der Waals surface area contributed by atoms with Gasteiger partial charge in [-0.05, 0) is 19.8 Å². The second-order valence-electron chi connectivity index (χ2n) is 5.46. The first-order valence-electron chi connectivity index (χ1n) is 7.79. The lowest BCUT2D eigenvalue weighted by atomic mass is 10.1. The van der Waals surface area contributed by atoms with E-state index in [1.807, 2.05) is 0 Å². The molecule has 0 bridgehead atoms. The van der Waals surface area contributed by atoms with Gasteiger partial charge in [0.1, 0.15) is 17.3 Å². The van der Waals surface area contributed by atoms with Gasteiger partial charge >= 0.3 is 5.63 Å². The summed E-state index contributed by atoms with van der Waals surface area (Å²) in [5.41, 5.74) is -0.352. The normalized spacial score (nSPS) is 10.6. The summed E-state index contributed by atoms with van der Waals surface area (Å²) >= 11 is 0. The Balaban J connectivity index is 2.08. The van der Waals surface area contributed by atoms with E-state index in [1.165, 1.54) is 25.3 Å². The fourth-order valence-corrected chi connectivity index (χ4v) is 2.30. The topological polar surface area (TPSA) is 56.5 Å². The molecule has 0 saturated carbocycles. The number of carbonyl (C=O) groups excluding carboxylic acids is 1. The Morgan fingerprint density at radius 3 is 2.29 bits per heavy atom. The molecule has 1 aromatic rings. The van der Waals surface area contributed by atoms with Crippen molar-refractivity contribution in [3.05, 3.63) is 28.3 Å². The summed E-state index contributed by atoms with van der Waals surface area (Å²) < 4.78 is 10.2. The van der Waals surface area contributed by atoms with Gasteiger partial charge in [0, 0.05) is 18.9 Å². The molecule has 0 N–H and O–H groups in total. The Hall–Kier alpha value is -1.58. The quantitative estimate of drug-likeness (QED) is 0.581. The van der Waals surface area contributed by atoms with Gasteiger partial charge in [-0.2, -0.15) is 0 Å². The number of Topliss-reactive ketones (excluding diaryl/α,β-unsaturated/α-hetero) is 1. The van der Waals surface area contributed by atoms with Crippen molar-refractivity contribution in [1.29, 1.82) is 0 Å². The van der Waals surface area contributed by atoms with Crippen molar-refractivity contribution >= 4 is 5.78 Å². The minimum Gasteiger partial charge on any atom is -0.496 e. The zero-order valence-electron chi connectivity index (χ0n) is 13.2. The Bertz CT molecular complexity index is 476. The number of aryl methyl sites for hydroxylation is 1. The van der Waals surface area contributed by atoms with Crippen molar-refractivity contribution in [3.8, 4) is 5.75 Å². The highest BCUT2D eigenvalue weighted by Crippen LogP contribution is 2.14. The first kappa shape index (κ1) is 17.5. The van der Waals surface area contributed by atoms with Crippen LogP contribution < -0.4 is 10.4 Å². The van der Waals surface area contributed by atoms with Crippen LogP contribution in [-0.2, 0) is 11.2 Å². The molecule has 118 valence electrons. The van der Waals surface area contributed by atoms with E-state index in [2.05, 4.69) is 0 Å². The summed E-state index contributed by atoms with van der Waals surface area (Å²) in [7, 11) is 1.55. The highest BCUT2D eigenvalue weighted by Gasteiger charge is 2.02. The summed E-state index contributed by atoms with van der Waals surface area (Å²) in [6.07, 6.45) is 9.40. The van der Waals surface area contributed by atoms with E-state index in [-0.39, 0.29) is 11.4 Å². The van der Waals surface area contributed by atoms with Crippen LogP contribution in [0.4, 0.5) is 0 Å². The van der Waals surface area contributed by atoms with Gasteiger partial charge < -0.3 is 13.9 Å². The largest absolute Gasteiger partial charge is 0.496 e. The minimum atomic E-state index is -0.352. The van der Waals surface area contributed by atoms with Crippen LogP contribution in [-0.4, -0.2) is 12.9 Å². The van der Waals surface area contributed by atoms with E-state index >= 15 is 0 Å². The first-order valence-corrected chi connectivity index (χ1v) is 7.79. The molecule has 4 nitrogen and oxygen atoms in total. The van der Waals surface area contributed by atoms with Gasteiger partial charge in [-0.15, -0.1) is 0 Å². The molecule has 0 aliphatic rings. The number of hydrogen-bond acceptors (Lipinski definition) is 4. The van der Waals surface area contributed by atoms with Crippen molar-refractivity contribution < 1.29 is 13.9 Å². The summed E-state index contributed by atoms with van der Waals surface area (Å²) in [5, 5.41) is 0. The van der Waals surface area contributed by atoms with Gasteiger partial charge in [-0.3, -0.25) is 0 Å². The Morgan fingerprint density at radius 2 is 1.67 bits per heavy atom. The van der Waals surface area contributed by atoms with Crippen molar-refractivity contribution in [2.45, 2.75) is 64.7 Å². The number of hydrogen-bond donors (Lipinski definition) is 0. The third-order valence-corrected chi connectivity index (χ3v) is 3.48. The van der Waals surface area contributed by atoms with Crippen molar-refractivity contribution in [2.24, 2.45) is 0 Å². The van der Waals surface area contributed by atoms with E-state index in [0.29, 0.717) is 11.5 Å². The van der Waals surface area contributed by atoms with Crippen LogP contribution in [0.3, 0.4) is 0 Å². The van der Waals surface area contributed by atoms with E-state index in [0.717, 1.165) is 38.5 Å². The Kier molecular flexibility index (Phi) is 8.48. The number of carbonyl (C=O) groups is 1. The lowest BCUT2D eigenvalue weighted by molar-refractivity contribution is -0.117. The molecule has 4 heteroatoms. The molecule has 1 rings (SSSR count). The number of rotatable bonds is 11. The van der Waals surface area contributed by atoms with Gasteiger partial charge in [0.15, 0.2) is 0 Å². The molecule has 0 saturated heterocycles. The zero-order chi connectivity index (χ0) is 15.5. The van der Waals surface area contributed by atoms with Crippen LogP contribution in [0.5, 0.6) is 5.75 Å². The molecular formula is C17H26O4. The maximum Gasteiger partial charge on any atom is 0.339 e. The standard InChI is InChI=1S/C17H26O4/c1-14(18)10-8-6-4-3-5-7-9-11-15-12-16(20-2)13-17(19)21-15/h12-13H,3-11H2,1-2H3. The summed E-state index contributed by atoms with van der Waals surface area (Å²) in [4.78, 5) is 22.1. The minimum absolute atomic E-state index is 0.287. The Morgan fingerprint density at radius 1 is 1.05 bits per heavy atom. The predicted molar refractivity (Wildman–Crippen MR) is 82.9 cm³/mol. The predicted octanol–water partition coefficient (Wildman–Crippen LogP) is 3.90. The van der Waals surface area contributed by atoms with Crippen LogP contribution in [0.1, 0.15) is 64.1 Å². The van der Waals surface area contributed by atoms with Crippen LogP contribution in [0, 0.1) is 0 Å². The average molecular weight is 294 g/mol. The molecule has 0 unspecified atom stereocenters. The lowest BCUT2D eigenvalue weighted by Crippen LogP contribution is -2.01. The van der Waals surface area contributed by atoms with Crippen molar-refractivity contribution in [3.63, 3.8) is 0 Å². The maximum absolute atomic E-state index is 11.3. The van der Waals surface area contributed by atoms with Crippen molar-refractivity contribution in [1.82, 2.24) is 0 Å². The molecule has 0 fully saturated rings. The SMILES string of the molecule is COc1cc(CCCCCCCCCC(C)=O)oc(=O)c1. The Labute approximate surface area is 126 Å². The number of ether oxygens (including phenoxy) is 1. The maximum atomic E-state index is 11.3. The molecule has 0 spiro atoms. The highest BCUT2D eigenvalue weighted by molar-refractivity contribution is 5.75. The molecular weight excluding hydrogens is 268 g/mol. The zero-order valence-corrected chi connectivity index (χ0v) is 13.2. The first-order chi connectivity index (χ1) is 10.1. The van der Waals surface area contributed by atoms with Gasteiger partial charge in [0.05, 0.1) is 13.2 Å². The summed E-state index contributed by atoms with van der Waals surface area (Å²) in [5.74, 6) is 1.54. The molecule has 0 aliphatic heterocycles. The second kappa shape index (κ2) is 10.2. The van der Waals surface area contributed by atoms with E-state index in [9.17, 15) is 9.59 Å². The average Bonchev–Trinajstić information content (AvgIpc) is 2.44. The van der Waals surface area contributed by atoms with Crippen LogP contribution in [0.25, 0.3) is 0 Å². The summed E-state index contributed by atoms with van der Waals surface area (Å²) in [6, 6.07) is 3.13. The lowest BCUT2D eigenvalue weighted by Gasteiger charge is -2.03. The molecule has 21 heavy (non-hydrogen) atoms. The number of ketones is 1. The molecule has 0 aromatic carbocycles. The smallest absolute Gasteiger partial charge is 0.339 e. The van der Waals surface area contributed by atoms with Crippen LogP contribution in [0.15, 0.2) is 21.3 Å². The van der Waals surface area contributed by atoms with Crippen LogP contribution in [0.2, 0.25) is 0 Å². The monoisotopic (exact) mass is 294 g/mol. The third-order valence-electron chi connectivity index (χ3n) is 3.48. The van der Waals surface area contributed by atoms with Crippen molar-refractivity contribution in [2.75, 3.05) is 7.11 Å². The molecule has 0 amide bonds.